The minimum Gasteiger partial charge on any atom is -0.324 e. The quantitative estimate of drug-likeness (QED) is 0.336. The molecule has 6 rings (SSSR count). The highest BCUT2D eigenvalue weighted by Gasteiger charge is 2.12. The van der Waals surface area contributed by atoms with Crippen LogP contribution in [0, 0.1) is 0 Å². The van der Waals surface area contributed by atoms with E-state index in [1.165, 1.54) is 11.9 Å². The highest BCUT2D eigenvalue weighted by Crippen LogP contribution is 2.26. The maximum absolute atomic E-state index is 4.64. The van der Waals surface area contributed by atoms with Crippen LogP contribution in [0.1, 0.15) is 11.1 Å². The van der Waals surface area contributed by atoms with Crippen molar-refractivity contribution in [3.05, 3.63) is 109 Å². The minimum atomic E-state index is 0.464. The third kappa shape index (κ3) is 4.98. The Morgan fingerprint density at radius 2 is 1.78 bits per heavy atom. The molecule has 37 heavy (non-hydrogen) atoms. The fourth-order valence-electron chi connectivity index (χ4n) is 4.17. The lowest BCUT2D eigenvalue weighted by Crippen LogP contribution is -2.14. The summed E-state index contributed by atoms with van der Waals surface area (Å²) in [7, 11) is 1.94. The number of fused-ring (bicyclic) bond motifs is 1. The summed E-state index contributed by atoms with van der Waals surface area (Å²) in [6.45, 7) is 1.35. The summed E-state index contributed by atoms with van der Waals surface area (Å²) in [6, 6.07) is 24.6. The third-order valence-electron chi connectivity index (χ3n) is 6.05. The molecule has 10 nitrogen and oxygen atoms in total. The average molecular weight is 489 g/mol. The van der Waals surface area contributed by atoms with E-state index in [1.807, 2.05) is 71.5 Å². The molecule has 0 aliphatic heterocycles. The number of anilines is 4. The first-order valence-electron chi connectivity index (χ1n) is 11.8. The van der Waals surface area contributed by atoms with Crippen LogP contribution in [0.5, 0.6) is 0 Å². The Kier molecular flexibility index (Phi) is 5.96. The van der Waals surface area contributed by atoms with Crippen molar-refractivity contribution in [2.45, 2.75) is 13.1 Å². The second-order valence-corrected chi connectivity index (χ2v) is 8.63. The smallest absolute Gasteiger partial charge is 0.234 e. The van der Waals surface area contributed by atoms with Crippen LogP contribution in [0.4, 0.5) is 23.3 Å². The van der Waals surface area contributed by atoms with Crippen LogP contribution in [-0.2, 0) is 13.1 Å². The van der Waals surface area contributed by atoms with E-state index < -0.39 is 0 Å². The SMILES string of the molecule is CN(c1ccc2c(cnn2Cc2ccccc2)c1)c1ncnc(Nc2cccc(Cn3ccnn3)c2)n1. The molecular formula is C27H24N10. The van der Waals surface area contributed by atoms with E-state index in [9.17, 15) is 0 Å². The Morgan fingerprint density at radius 1 is 0.892 bits per heavy atom. The molecule has 3 aromatic carbocycles. The number of benzene rings is 3. The normalized spacial score (nSPS) is 11.1. The van der Waals surface area contributed by atoms with Gasteiger partial charge in [-0.05, 0) is 41.5 Å². The molecular weight excluding hydrogens is 464 g/mol. The molecule has 0 amide bonds. The van der Waals surface area contributed by atoms with Crippen LogP contribution >= 0.6 is 0 Å². The molecule has 0 bridgehead atoms. The van der Waals surface area contributed by atoms with Gasteiger partial charge in [-0.25, -0.2) is 14.6 Å². The Morgan fingerprint density at radius 3 is 2.65 bits per heavy atom. The van der Waals surface area contributed by atoms with Crippen LogP contribution < -0.4 is 10.2 Å². The van der Waals surface area contributed by atoms with E-state index in [0.717, 1.165) is 34.4 Å². The van der Waals surface area contributed by atoms with Gasteiger partial charge in [0.1, 0.15) is 6.33 Å². The van der Waals surface area contributed by atoms with Crippen LogP contribution in [0.3, 0.4) is 0 Å². The van der Waals surface area contributed by atoms with Gasteiger partial charge in [0, 0.05) is 30.0 Å². The number of hydrogen-bond donors (Lipinski definition) is 1. The summed E-state index contributed by atoms with van der Waals surface area (Å²) in [5, 5.41) is 16.8. The van der Waals surface area contributed by atoms with Gasteiger partial charge in [0.2, 0.25) is 11.9 Å². The zero-order chi connectivity index (χ0) is 25.0. The fraction of sp³-hybridized carbons (Fsp3) is 0.111. The van der Waals surface area contributed by atoms with E-state index >= 15 is 0 Å². The molecule has 182 valence electrons. The van der Waals surface area contributed by atoms with E-state index in [-0.39, 0.29) is 0 Å². The molecule has 0 aliphatic carbocycles. The average Bonchev–Trinajstić information content (AvgIpc) is 3.59. The largest absolute Gasteiger partial charge is 0.324 e. The topological polar surface area (TPSA) is 102 Å². The van der Waals surface area contributed by atoms with E-state index in [0.29, 0.717) is 18.4 Å². The highest BCUT2D eigenvalue weighted by molar-refractivity contribution is 5.83. The number of nitrogens with zero attached hydrogens (tertiary/aromatic N) is 9. The van der Waals surface area contributed by atoms with Crippen LogP contribution in [-0.4, -0.2) is 46.8 Å². The van der Waals surface area contributed by atoms with Crippen molar-refractivity contribution in [2.75, 3.05) is 17.3 Å². The molecule has 3 aromatic heterocycles. The first-order valence-corrected chi connectivity index (χ1v) is 11.8. The molecule has 3 heterocycles. The molecule has 1 N–H and O–H groups in total. The van der Waals surface area contributed by atoms with Gasteiger partial charge in [-0.15, -0.1) is 5.10 Å². The van der Waals surface area contributed by atoms with Crippen molar-refractivity contribution in [3.8, 4) is 0 Å². The van der Waals surface area contributed by atoms with Gasteiger partial charge in [-0.1, -0.05) is 47.7 Å². The van der Waals surface area contributed by atoms with Gasteiger partial charge in [0.15, 0.2) is 0 Å². The second kappa shape index (κ2) is 9.86. The Hall–Kier alpha value is -5.12. The minimum absolute atomic E-state index is 0.464. The van der Waals surface area contributed by atoms with Crippen molar-refractivity contribution >= 4 is 34.2 Å². The molecule has 10 heteroatoms. The Bertz CT molecular complexity index is 1630. The zero-order valence-corrected chi connectivity index (χ0v) is 20.2. The van der Waals surface area contributed by atoms with Crippen molar-refractivity contribution in [2.24, 2.45) is 0 Å². The first kappa shape index (κ1) is 22.4. The Labute approximate surface area is 213 Å². The standard InChI is InChI=1S/C27H24N10/c1-35(24-10-11-25-22(15-24)16-31-37(25)18-20-6-3-2-4-7-20)27-29-19-28-26(33-27)32-23-9-5-8-21(14-23)17-36-13-12-30-34-36/h2-16,19H,17-18H2,1H3,(H,28,29,32,33). The molecule has 0 saturated heterocycles. The van der Waals surface area contributed by atoms with Crippen LogP contribution in [0.15, 0.2) is 97.7 Å². The lowest BCUT2D eigenvalue weighted by molar-refractivity contribution is 0.650. The number of aromatic nitrogens is 8. The van der Waals surface area contributed by atoms with E-state index in [4.69, 9.17) is 0 Å². The van der Waals surface area contributed by atoms with Crippen molar-refractivity contribution in [3.63, 3.8) is 0 Å². The van der Waals surface area contributed by atoms with Gasteiger partial charge in [0.05, 0.1) is 31.0 Å². The highest BCUT2D eigenvalue weighted by atomic mass is 15.4. The molecule has 0 saturated carbocycles. The molecule has 0 aliphatic rings. The summed E-state index contributed by atoms with van der Waals surface area (Å²) in [6.07, 6.45) is 6.90. The molecule has 0 spiro atoms. The van der Waals surface area contributed by atoms with Gasteiger partial charge >= 0.3 is 0 Å². The van der Waals surface area contributed by atoms with E-state index in [2.05, 4.69) is 66.0 Å². The summed E-state index contributed by atoms with van der Waals surface area (Å²) in [5.74, 6) is 0.999. The van der Waals surface area contributed by atoms with E-state index in [1.54, 1.807) is 10.9 Å². The first-order chi connectivity index (χ1) is 18.2. The number of rotatable bonds is 8. The molecule has 0 atom stereocenters. The van der Waals surface area contributed by atoms with Crippen LogP contribution in [0.2, 0.25) is 0 Å². The van der Waals surface area contributed by atoms with Gasteiger partial charge in [0.25, 0.3) is 0 Å². The molecule has 0 unspecified atom stereocenters. The predicted octanol–water partition coefficient (Wildman–Crippen LogP) is 4.42. The second-order valence-electron chi connectivity index (χ2n) is 8.63. The number of hydrogen-bond acceptors (Lipinski definition) is 8. The maximum Gasteiger partial charge on any atom is 0.234 e. The van der Waals surface area contributed by atoms with Gasteiger partial charge in [-0.2, -0.15) is 10.1 Å². The fourth-order valence-corrected chi connectivity index (χ4v) is 4.17. The summed E-state index contributed by atoms with van der Waals surface area (Å²) in [5.41, 5.74) is 5.21. The van der Waals surface area contributed by atoms with Gasteiger partial charge in [-0.3, -0.25) is 4.68 Å². The predicted molar refractivity (Wildman–Crippen MR) is 142 cm³/mol. The van der Waals surface area contributed by atoms with Crippen molar-refractivity contribution in [1.82, 2.24) is 39.7 Å². The summed E-state index contributed by atoms with van der Waals surface area (Å²) in [4.78, 5) is 15.3. The summed E-state index contributed by atoms with van der Waals surface area (Å²) < 4.78 is 3.79. The molecule has 0 fully saturated rings. The summed E-state index contributed by atoms with van der Waals surface area (Å²) >= 11 is 0. The molecule has 0 radical (unpaired) electrons. The lowest BCUT2D eigenvalue weighted by atomic mass is 10.2. The lowest BCUT2D eigenvalue weighted by Gasteiger charge is -2.18. The Balaban J connectivity index is 1.19. The van der Waals surface area contributed by atoms with Gasteiger partial charge < -0.3 is 10.2 Å². The zero-order valence-electron chi connectivity index (χ0n) is 20.2. The molecule has 6 aromatic rings. The monoisotopic (exact) mass is 488 g/mol. The maximum atomic E-state index is 4.64. The number of nitrogens with one attached hydrogen (secondary N) is 1. The van der Waals surface area contributed by atoms with Crippen molar-refractivity contribution < 1.29 is 0 Å². The third-order valence-corrected chi connectivity index (χ3v) is 6.05. The van der Waals surface area contributed by atoms with Crippen LogP contribution in [0.25, 0.3) is 10.9 Å². The van der Waals surface area contributed by atoms with Crippen molar-refractivity contribution in [1.29, 1.82) is 0 Å².